The summed E-state index contributed by atoms with van der Waals surface area (Å²) >= 11 is 0. The molecule has 0 spiro atoms. The molecule has 1 aromatic heterocycles. The molecule has 1 N–H and O–H groups in total. The number of nitrogens with zero attached hydrogens (tertiary/aromatic N) is 1. The van der Waals surface area contributed by atoms with Crippen LogP contribution >= 0.6 is 0 Å². The van der Waals surface area contributed by atoms with Crippen molar-refractivity contribution in [1.82, 2.24) is 10.2 Å². The van der Waals surface area contributed by atoms with Gasteiger partial charge in [-0.2, -0.15) is 0 Å². The van der Waals surface area contributed by atoms with E-state index >= 15 is 0 Å². The van der Waals surface area contributed by atoms with Crippen LogP contribution in [0.5, 0.6) is 0 Å². The Labute approximate surface area is 105 Å². The summed E-state index contributed by atoms with van der Waals surface area (Å²) < 4.78 is 5.42. The topological polar surface area (TPSA) is 28.4 Å². The molecule has 0 aliphatic heterocycles. The van der Waals surface area contributed by atoms with Crippen LogP contribution in [0.15, 0.2) is 22.8 Å². The van der Waals surface area contributed by atoms with Crippen molar-refractivity contribution in [1.29, 1.82) is 0 Å². The number of hydrogen-bond donors (Lipinski definition) is 1. The van der Waals surface area contributed by atoms with Gasteiger partial charge in [0.2, 0.25) is 0 Å². The van der Waals surface area contributed by atoms with E-state index in [4.69, 9.17) is 4.42 Å². The molecule has 0 aromatic carbocycles. The van der Waals surface area contributed by atoms with Gasteiger partial charge in [0.15, 0.2) is 0 Å². The maximum absolute atomic E-state index is 5.42. The highest BCUT2D eigenvalue weighted by atomic mass is 16.3. The Bertz CT molecular complexity index is 272. The second kappa shape index (κ2) is 8.31. The van der Waals surface area contributed by atoms with E-state index in [0.717, 1.165) is 31.9 Å². The van der Waals surface area contributed by atoms with Gasteiger partial charge in [-0.3, -0.25) is 4.90 Å². The molecule has 0 saturated heterocycles. The molecule has 17 heavy (non-hydrogen) atoms. The Hall–Kier alpha value is -0.800. The molecule has 0 saturated carbocycles. The van der Waals surface area contributed by atoms with E-state index in [1.54, 1.807) is 6.26 Å². The zero-order chi connectivity index (χ0) is 12.5. The fourth-order valence-electron chi connectivity index (χ4n) is 2.08. The predicted molar refractivity (Wildman–Crippen MR) is 72.0 cm³/mol. The third-order valence-electron chi connectivity index (χ3n) is 3.14. The summed E-state index contributed by atoms with van der Waals surface area (Å²) in [5.41, 5.74) is 0. The van der Waals surface area contributed by atoms with Crippen molar-refractivity contribution in [2.24, 2.45) is 0 Å². The van der Waals surface area contributed by atoms with Crippen LogP contribution in [0.4, 0.5) is 0 Å². The van der Waals surface area contributed by atoms with Gasteiger partial charge in [-0.15, -0.1) is 0 Å². The lowest BCUT2D eigenvalue weighted by atomic mass is 10.1. The predicted octanol–water partition coefficient (Wildman–Crippen LogP) is 2.88. The first-order chi connectivity index (χ1) is 8.31. The standard InChI is InChI=1S/C14H26N2O/c1-4-9-15-11-13(5-2)16(6-3)12-14-8-7-10-17-14/h7-8,10,13,15H,4-6,9,11-12H2,1-3H3. The summed E-state index contributed by atoms with van der Waals surface area (Å²) in [6.07, 6.45) is 4.12. The molecular weight excluding hydrogens is 212 g/mol. The molecule has 1 rings (SSSR count). The Kier molecular flexibility index (Phi) is 6.97. The Balaban J connectivity index is 2.44. The maximum Gasteiger partial charge on any atom is 0.117 e. The molecule has 3 heteroatoms. The van der Waals surface area contributed by atoms with Crippen molar-refractivity contribution < 1.29 is 4.42 Å². The normalized spacial score (nSPS) is 13.2. The number of likely N-dealkylation sites (N-methyl/N-ethyl adjacent to an activating group) is 1. The van der Waals surface area contributed by atoms with Gasteiger partial charge in [-0.25, -0.2) is 0 Å². The van der Waals surface area contributed by atoms with Crippen molar-refractivity contribution in [2.75, 3.05) is 19.6 Å². The smallest absolute Gasteiger partial charge is 0.117 e. The molecule has 98 valence electrons. The van der Waals surface area contributed by atoms with E-state index < -0.39 is 0 Å². The van der Waals surface area contributed by atoms with Gasteiger partial charge in [0.05, 0.1) is 12.8 Å². The van der Waals surface area contributed by atoms with E-state index in [1.807, 2.05) is 6.07 Å². The zero-order valence-electron chi connectivity index (χ0n) is 11.4. The van der Waals surface area contributed by atoms with Crippen molar-refractivity contribution in [3.8, 4) is 0 Å². The SMILES string of the molecule is CCCNCC(CC)N(CC)Cc1ccco1. The molecule has 0 aliphatic rings. The van der Waals surface area contributed by atoms with Gasteiger partial charge >= 0.3 is 0 Å². The van der Waals surface area contributed by atoms with Crippen LogP contribution in [0.1, 0.15) is 39.4 Å². The first-order valence-corrected chi connectivity index (χ1v) is 6.78. The summed E-state index contributed by atoms with van der Waals surface area (Å²) in [6.45, 7) is 10.8. The second-order valence-corrected chi connectivity index (χ2v) is 4.41. The molecule has 0 bridgehead atoms. The van der Waals surface area contributed by atoms with E-state index in [1.165, 1.54) is 12.8 Å². The van der Waals surface area contributed by atoms with Crippen LogP contribution in [0, 0.1) is 0 Å². The minimum atomic E-state index is 0.594. The molecule has 0 aliphatic carbocycles. The van der Waals surface area contributed by atoms with Gasteiger partial charge in [0.25, 0.3) is 0 Å². The van der Waals surface area contributed by atoms with Gasteiger partial charge in [0.1, 0.15) is 5.76 Å². The molecule has 0 amide bonds. The van der Waals surface area contributed by atoms with Gasteiger partial charge < -0.3 is 9.73 Å². The van der Waals surface area contributed by atoms with Crippen LogP contribution < -0.4 is 5.32 Å². The molecule has 0 fully saturated rings. The first-order valence-electron chi connectivity index (χ1n) is 6.78. The molecule has 3 nitrogen and oxygen atoms in total. The average molecular weight is 238 g/mol. The van der Waals surface area contributed by atoms with Gasteiger partial charge in [0, 0.05) is 12.6 Å². The van der Waals surface area contributed by atoms with Crippen molar-refractivity contribution in [2.45, 2.75) is 46.2 Å². The molecule has 1 unspecified atom stereocenters. The third kappa shape index (κ3) is 4.92. The zero-order valence-corrected chi connectivity index (χ0v) is 11.4. The molecular formula is C14H26N2O. The molecule has 1 heterocycles. The monoisotopic (exact) mass is 238 g/mol. The molecule has 0 radical (unpaired) electrons. The highest BCUT2D eigenvalue weighted by Crippen LogP contribution is 2.10. The minimum absolute atomic E-state index is 0.594. The Morgan fingerprint density at radius 3 is 2.71 bits per heavy atom. The van der Waals surface area contributed by atoms with Crippen LogP contribution in [-0.4, -0.2) is 30.6 Å². The van der Waals surface area contributed by atoms with E-state index in [0.29, 0.717) is 6.04 Å². The van der Waals surface area contributed by atoms with Crippen molar-refractivity contribution in [3.05, 3.63) is 24.2 Å². The van der Waals surface area contributed by atoms with Crippen LogP contribution in [-0.2, 0) is 6.54 Å². The van der Waals surface area contributed by atoms with Crippen molar-refractivity contribution in [3.63, 3.8) is 0 Å². The quantitative estimate of drug-likeness (QED) is 0.671. The summed E-state index contributed by atoms with van der Waals surface area (Å²) in [6, 6.07) is 4.60. The summed E-state index contributed by atoms with van der Waals surface area (Å²) in [5, 5.41) is 3.51. The number of rotatable bonds is 9. The summed E-state index contributed by atoms with van der Waals surface area (Å²) in [5.74, 6) is 1.06. The van der Waals surface area contributed by atoms with Crippen LogP contribution in [0.2, 0.25) is 0 Å². The minimum Gasteiger partial charge on any atom is -0.468 e. The van der Waals surface area contributed by atoms with E-state index in [9.17, 15) is 0 Å². The second-order valence-electron chi connectivity index (χ2n) is 4.41. The van der Waals surface area contributed by atoms with E-state index in [-0.39, 0.29) is 0 Å². The Morgan fingerprint density at radius 2 is 2.18 bits per heavy atom. The average Bonchev–Trinajstić information content (AvgIpc) is 2.85. The highest BCUT2D eigenvalue weighted by molar-refractivity contribution is 4.98. The number of furan rings is 1. The lowest BCUT2D eigenvalue weighted by Gasteiger charge is -2.29. The maximum atomic E-state index is 5.42. The summed E-state index contributed by atoms with van der Waals surface area (Å²) in [7, 11) is 0. The number of hydrogen-bond acceptors (Lipinski definition) is 3. The molecule has 1 aromatic rings. The fraction of sp³-hybridized carbons (Fsp3) is 0.714. The van der Waals surface area contributed by atoms with E-state index in [2.05, 4.69) is 37.1 Å². The largest absolute Gasteiger partial charge is 0.468 e. The number of nitrogens with one attached hydrogen (secondary N) is 1. The third-order valence-corrected chi connectivity index (χ3v) is 3.14. The van der Waals surface area contributed by atoms with Gasteiger partial charge in [-0.05, 0) is 38.1 Å². The fourth-order valence-corrected chi connectivity index (χ4v) is 2.08. The lowest BCUT2D eigenvalue weighted by Crippen LogP contribution is -2.41. The van der Waals surface area contributed by atoms with Crippen LogP contribution in [0.3, 0.4) is 0 Å². The summed E-state index contributed by atoms with van der Waals surface area (Å²) in [4.78, 5) is 2.47. The van der Waals surface area contributed by atoms with Crippen molar-refractivity contribution >= 4 is 0 Å². The highest BCUT2D eigenvalue weighted by Gasteiger charge is 2.15. The first kappa shape index (κ1) is 14.3. The van der Waals surface area contributed by atoms with Gasteiger partial charge in [-0.1, -0.05) is 20.8 Å². The lowest BCUT2D eigenvalue weighted by molar-refractivity contribution is 0.174. The Morgan fingerprint density at radius 1 is 1.35 bits per heavy atom. The molecule has 1 atom stereocenters. The van der Waals surface area contributed by atoms with Crippen LogP contribution in [0.25, 0.3) is 0 Å².